The molecular formula is C21H30N4O3. The van der Waals surface area contributed by atoms with Gasteiger partial charge in [-0.2, -0.15) is 0 Å². The van der Waals surface area contributed by atoms with E-state index in [4.69, 9.17) is 14.2 Å². The molecule has 2 aromatic rings. The third kappa shape index (κ3) is 6.64. The van der Waals surface area contributed by atoms with E-state index >= 15 is 0 Å². The van der Waals surface area contributed by atoms with E-state index in [9.17, 15) is 0 Å². The highest BCUT2D eigenvalue weighted by molar-refractivity contribution is 5.79. The molecule has 0 fully saturated rings. The molecule has 0 spiro atoms. The lowest BCUT2D eigenvalue weighted by atomic mass is 10.2. The van der Waals surface area contributed by atoms with E-state index in [0.717, 1.165) is 41.6 Å². The number of pyridine rings is 1. The van der Waals surface area contributed by atoms with Crippen LogP contribution in [-0.4, -0.2) is 38.3 Å². The lowest BCUT2D eigenvalue weighted by molar-refractivity contribution is 0.305. The van der Waals surface area contributed by atoms with E-state index in [1.54, 1.807) is 20.4 Å². The molecule has 0 aliphatic carbocycles. The maximum absolute atomic E-state index is 5.51. The Bertz CT molecular complexity index is 748. The van der Waals surface area contributed by atoms with Crippen molar-refractivity contribution < 1.29 is 14.2 Å². The SMILES string of the molecule is CCCOc1ccc(CN=C(NCC)NCc2ccc(OC)cc2OC)cn1. The summed E-state index contributed by atoms with van der Waals surface area (Å²) >= 11 is 0. The van der Waals surface area contributed by atoms with Crippen LogP contribution in [0.5, 0.6) is 17.4 Å². The van der Waals surface area contributed by atoms with Gasteiger partial charge in [0.05, 0.1) is 27.4 Å². The monoisotopic (exact) mass is 386 g/mol. The summed E-state index contributed by atoms with van der Waals surface area (Å²) in [5.41, 5.74) is 2.04. The topological polar surface area (TPSA) is 77.0 Å². The van der Waals surface area contributed by atoms with E-state index in [0.29, 0.717) is 25.6 Å². The van der Waals surface area contributed by atoms with Crippen LogP contribution in [0.15, 0.2) is 41.5 Å². The number of ether oxygens (including phenoxy) is 3. The molecule has 0 aliphatic rings. The number of hydrogen-bond donors (Lipinski definition) is 2. The number of hydrogen-bond acceptors (Lipinski definition) is 5. The van der Waals surface area contributed by atoms with Crippen molar-refractivity contribution in [3.63, 3.8) is 0 Å². The van der Waals surface area contributed by atoms with E-state index < -0.39 is 0 Å². The summed E-state index contributed by atoms with van der Waals surface area (Å²) in [5.74, 6) is 2.91. The number of benzene rings is 1. The first-order valence-corrected chi connectivity index (χ1v) is 9.51. The molecule has 1 heterocycles. The zero-order chi connectivity index (χ0) is 20.2. The van der Waals surface area contributed by atoms with Crippen molar-refractivity contribution in [2.45, 2.75) is 33.4 Å². The number of nitrogens with one attached hydrogen (secondary N) is 2. The van der Waals surface area contributed by atoms with Gasteiger partial charge < -0.3 is 24.8 Å². The van der Waals surface area contributed by atoms with Crippen molar-refractivity contribution in [2.75, 3.05) is 27.4 Å². The summed E-state index contributed by atoms with van der Waals surface area (Å²) in [7, 11) is 3.29. The Hall–Kier alpha value is -2.96. The second-order valence-electron chi connectivity index (χ2n) is 6.08. The first-order valence-electron chi connectivity index (χ1n) is 9.51. The highest BCUT2D eigenvalue weighted by Gasteiger charge is 2.06. The standard InChI is InChI=1S/C21H30N4O3/c1-5-11-28-20-10-7-16(13-23-20)14-24-21(22-6-2)25-15-17-8-9-18(26-3)12-19(17)27-4/h7-10,12-13H,5-6,11,14-15H2,1-4H3,(H2,22,24,25). The molecule has 0 saturated heterocycles. The van der Waals surface area contributed by atoms with E-state index in [1.807, 2.05) is 37.3 Å². The molecule has 28 heavy (non-hydrogen) atoms. The van der Waals surface area contributed by atoms with Crippen LogP contribution in [0.4, 0.5) is 0 Å². The van der Waals surface area contributed by atoms with Crippen molar-refractivity contribution in [3.8, 4) is 17.4 Å². The Morgan fingerprint density at radius 3 is 2.57 bits per heavy atom. The summed E-state index contributed by atoms with van der Waals surface area (Å²) < 4.78 is 16.2. The highest BCUT2D eigenvalue weighted by Crippen LogP contribution is 2.24. The predicted octanol–water partition coefficient (Wildman–Crippen LogP) is 3.14. The minimum absolute atomic E-state index is 0.524. The second kappa shape index (κ2) is 11.7. The number of guanidine groups is 1. The first kappa shape index (κ1) is 21.3. The number of methoxy groups -OCH3 is 2. The van der Waals surface area contributed by atoms with Gasteiger partial charge >= 0.3 is 0 Å². The minimum atomic E-state index is 0.524. The third-order valence-electron chi connectivity index (χ3n) is 3.96. The molecule has 7 nitrogen and oxygen atoms in total. The van der Waals surface area contributed by atoms with Gasteiger partial charge in [-0.3, -0.25) is 0 Å². The van der Waals surface area contributed by atoms with E-state index in [1.165, 1.54) is 0 Å². The van der Waals surface area contributed by atoms with Crippen LogP contribution >= 0.6 is 0 Å². The fourth-order valence-corrected chi connectivity index (χ4v) is 2.49. The summed E-state index contributed by atoms with van der Waals surface area (Å²) in [6.07, 6.45) is 2.76. The summed E-state index contributed by atoms with van der Waals surface area (Å²) in [6, 6.07) is 9.63. The van der Waals surface area contributed by atoms with Crippen LogP contribution in [0.3, 0.4) is 0 Å². The van der Waals surface area contributed by atoms with Crippen molar-refractivity contribution in [3.05, 3.63) is 47.7 Å². The zero-order valence-corrected chi connectivity index (χ0v) is 17.1. The van der Waals surface area contributed by atoms with Crippen LogP contribution in [0, 0.1) is 0 Å². The Balaban J connectivity index is 1.98. The molecule has 0 unspecified atom stereocenters. The van der Waals surface area contributed by atoms with Crippen molar-refractivity contribution in [1.82, 2.24) is 15.6 Å². The fraction of sp³-hybridized carbons (Fsp3) is 0.429. The predicted molar refractivity (Wildman–Crippen MR) is 111 cm³/mol. The fourth-order valence-electron chi connectivity index (χ4n) is 2.49. The Morgan fingerprint density at radius 2 is 1.93 bits per heavy atom. The maximum atomic E-state index is 5.51. The van der Waals surface area contributed by atoms with Crippen molar-refractivity contribution in [1.29, 1.82) is 0 Å². The average Bonchev–Trinajstić information content (AvgIpc) is 2.74. The van der Waals surface area contributed by atoms with Gasteiger partial charge in [-0.15, -0.1) is 0 Å². The van der Waals surface area contributed by atoms with Crippen LogP contribution in [0.25, 0.3) is 0 Å². The normalized spacial score (nSPS) is 11.1. The summed E-state index contributed by atoms with van der Waals surface area (Å²) in [6.45, 7) is 6.66. The molecule has 0 saturated carbocycles. The highest BCUT2D eigenvalue weighted by atomic mass is 16.5. The lowest BCUT2D eigenvalue weighted by Crippen LogP contribution is -2.36. The quantitative estimate of drug-likeness (QED) is 0.483. The Morgan fingerprint density at radius 1 is 1.07 bits per heavy atom. The number of aromatic nitrogens is 1. The van der Waals surface area contributed by atoms with Gasteiger partial charge in [-0.25, -0.2) is 9.98 Å². The molecule has 0 amide bonds. The average molecular weight is 386 g/mol. The van der Waals surface area contributed by atoms with E-state index in [2.05, 4.69) is 27.5 Å². The largest absolute Gasteiger partial charge is 0.497 e. The molecule has 2 N–H and O–H groups in total. The van der Waals surface area contributed by atoms with Crippen LogP contribution in [0.2, 0.25) is 0 Å². The number of rotatable bonds is 10. The Labute approximate surface area is 167 Å². The molecule has 0 bridgehead atoms. The van der Waals surface area contributed by atoms with Gasteiger partial charge in [-0.1, -0.05) is 13.0 Å². The molecule has 0 aliphatic heterocycles. The van der Waals surface area contributed by atoms with Crippen LogP contribution < -0.4 is 24.8 Å². The van der Waals surface area contributed by atoms with Crippen LogP contribution in [0.1, 0.15) is 31.4 Å². The van der Waals surface area contributed by atoms with Crippen molar-refractivity contribution in [2.24, 2.45) is 4.99 Å². The molecule has 152 valence electrons. The van der Waals surface area contributed by atoms with Crippen molar-refractivity contribution >= 4 is 5.96 Å². The number of nitrogens with zero attached hydrogens (tertiary/aromatic N) is 2. The molecule has 0 atom stereocenters. The number of aliphatic imine (C=N–C) groups is 1. The molecule has 2 rings (SSSR count). The maximum Gasteiger partial charge on any atom is 0.213 e. The van der Waals surface area contributed by atoms with Gasteiger partial charge in [0.15, 0.2) is 5.96 Å². The molecule has 0 radical (unpaired) electrons. The lowest BCUT2D eigenvalue weighted by Gasteiger charge is -2.14. The van der Waals surface area contributed by atoms with Gasteiger partial charge in [0, 0.05) is 37.0 Å². The molecule has 1 aromatic carbocycles. The second-order valence-corrected chi connectivity index (χ2v) is 6.08. The molecular weight excluding hydrogens is 356 g/mol. The van der Waals surface area contributed by atoms with Gasteiger partial charge in [0.2, 0.25) is 5.88 Å². The summed E-state index contributed by atoms with van der Waals surface area (Å²) in [5, 5.41) is 6.58. The minimum Gasteiger partial charge on any atom is -0.497 e. The van der Waals surface area contributed by atoms with Gasteiger partial charge in [0.25, 0.3) is 0 Å². The van der Waals surface area contributed by atoms with Crippen LogP contribution in [-0.2, 0) is 13.1 Å². The summed E-state index contributed by atoms with van der Waals surface area (Å²) in [4.78, 5) is 8.94. The van der Waals surface area contributed by atoms with Gasteiger partial charge in [0.1, 0.15) is 11.5 Å². The third-order valence-corrected chi connectivity index (χ3v) is 3.96. The zero-order valence-electron chi connectivity index (χ0n) is 17.1. The molecule has 1 aromatic heterocycles. The van der Waals surface area contributed by atoms with E-state index in [-0.39, 0.29) is 0 Å². The first-order chi connectivity index (χ1) is 13.7. The smallest absolute Gasteiger partial charge is 0.213 e. The molecule has 7 heteroatoms. The van der Waals surface area contributed by atoms with Gasteiger partial charge in [-0.05, 0) is 31.0 Å². The Kier molecular flexibility index (Phi) is 8.91.